The summed E-state index contributed by atoms with van der Waals surface area (Å²) in [6.07, 6.45) is 0.934. The van der Waals surface area contributed by atoms with Crippen LogP contribution in [0.15, 0.2) is 60.7 Å². The molecule has 0 spiro atoms. The predicted molar refractivity (Wildman–Crippen MR) is 99.3 cm³/mol. The summed E-state index contributed by atoms with van der Waals surface area (Å²) >= 11 is 1.52. The zero-order valence-corrected chi connectivity index (χ0v) is 14.5. The van der Waals surface area contributed by atoms with Crippen LogP contribution in [0.2, 0.25) is 0 Å². The summed E-state index contributed by atoms with van der Waals surface area (Å²) in [7, 11) is 0. The Bertz CT molecular complexity index is 840. The van der Waals surface area contributed by atoms with E-state index in [0.29, 0.717) is 11.4 Å². The Balaban J connectivity index is 1.81. The van der Waals surface area contributed by atoms with Crippen LogP contribution in [0.4, 0.5) is 5.69 Å². The molecule has 0 aliphatic rings. The molecule has 0 aliphatic carbocycles. The van der Waals surface area contributed by atoms with Gasteiger partial charge in [0.05, 0.1) is 10.6 Å². The first kappa shape index (κ1) is 16.3. The lowest BCUT2D eigenvalue weighted by molar-refractivity contribution is 0.103. The molecule has 122 valence electrons. The second kappa shape index (κ2) is 7.32. The summed E-state index contributed by atoms with van der Waals surface area (Å²) in [6.45, 7) is 4.15. The van der Waals surface area contributed by atoms with Gasteiger partial charge < -0.3 is 10.1 Å². The SMILES string of the molecule is CCc1cc(C(=O)Nc2ccccc2Oc2ccccc2)sc1C. The lowest BCUT2D eigenvalue weighted by atomic mass is 10.2. The highest BCUT2D eigenvalue weighted by Gasteiger charge is 2.14. The topological polar surface area (TPSA) is 38.3 Å². The van der Waals surface area contributed by atoms with E-state index in [9.17, 15) is 4.79 Å². The normalized spacial score (nSPS) is 10.4. The van der Waals surface area contributed by atoms with Crippen molar-refractivity contribution in [2.45, 2.75) is 20.3 Å². The molecule has 0 atom stereocenters. The fourth-order valence-electron chi connectivity index (χ4n) is 2.44. The molecule has 3 aromatic rings. The summed E-state index contributed by atoms with van der Waals surface area (Å²) in [6, 6.07) is 19.0. The van der Waals surface area contributed by atoms with Gasteiger partial charge in [-0.05, 0) is 49.2 Å². The van der Waals surface area contributed by atoms with Crippen molar-refractivity contribution in [1.29, 1.82) is 0 Å². The van der Waals surface area contributed by atoms with Crippen LogP contribution in [0.1, 0.15) is 27.0 Å². The molecule has 1 heterocycles. The van der Waals surface area contributed by atoms with E-state index < -0.39 is 0 Å². The van der Waals surface area contributed by atoms with E-state index in [-0.39, 0.29) is 5.91 Å². The third-order valence-electron chi connectivity index (χ3n) is 3.73. The highest BCUT2D eigenvalue weighted by Crippen LogP contribution is 2.30. The quantitative estimate of drug-likeness (QED) is 0.652. The van der Waals surface area contributed by atoms with Crippen LogP contribution in [0, 0.1) is 6.92 Å². The van der Waals surface area contributed by atoms with E-state index in [1.54, 1.807) is 0 Å². The molecule has 24 heavy (non-hydrogen) atoms. The standard InChI is InChI=1S/C20H19NO2S/c1-3-15-13-19(24-14(15)2)20(22)21-17-11-7-8-12-18(17)23-16-9-5-4-6-10-16/h4-13H,3H2,1-2H3,(H,21,22). The van der Waals surface area contributed by atoms with Crippen LogP contribution in [0.25, 0.3) is 0 Å². The number of carbonyl (C=O) groups excluding carboxylic acids is 1. The van der Waals surface area contributed by atoms with Crippen LogP contribution in [-0.4, -0.2) is 5.91 Å². The fourth-order valence-corrected chi connectivity index (χ4v) is 3.45. The van der Waals surface area contributed by atoms with Crippen molar-refractivity contribution in [1.82, 2.24) is 0 Å². The number of carbonyl (C=O) groups is 1. The number of hydrogen-bond donors (Lipinski definition) is 1. The molecule has 0 bridgehead atoms. The molecule has 0 saturated carbocycles. The maximum Gasteiger partial charge on any atom is 0.265 e. The van der Waals surface area contributed by atoms with E-state index in [0.717, 1.165) is 17.0 Å². The van der Waals surface area contributed by atoms with Crippen molar-refractivity contribution < 1.29 is 9.53 Å². The summed E-state index contributed by atoms with van der Waals surface area (Å²) < 4.78 is 5.89. The Morgan fingerprint density at radius 3 is 2.50 bits per heavy atom. The average Bonchev–Trinajstić information content (AvgIpc) is 2.98. The van der Waals surface area contributed by atoms with Gasteiger partial charge in [-0.25, -0.2) is 0 Å². The minimum atomic E-state index is -0.105. The number of nitrogens with one attached hydrogen (secondary N) is 1. The number of para-hydroxylation sites is 3. The van der Waals surface area contributed by atoms with Gasteiger partial charge in [-0.15, -0.1) is 11.3 Å². The number of anilines is 1. The molecule has 4 heteroatoms. The third kappa shape index (κ3) is 3.66. The minimum Gasteiger partial charge on any atom is -0.455 e. The molecular formula is C20H19NO2S. The number of thiophene rings is 1. The number of hydrogen-bond acceptors (Lipinski definition) is 3. The maximum atomic E-state index is 12.5. The zero-order valence-electron chi connectivity index (χ0n) is 13.7. The Kier molecular flexibility index (Phi) is 4.96. The van der Waals surface area contributed by atoms with Crippen LogP contribution in [0.3, 0.4) is 0 Å². The van der Waals surface area contributed by atoms with Crippen LogP contribution < -0.4 is 10.1 Å². The molecule has 3 nitrogen and oxygen atoms in total. The van der Waals surface area contributed by atoms with Gasteiger partial charge in [0.2, 0.25) is 0 Å². The molecule has 0 saturated heterocycles. The number of benzene rings is 2. The zero-order chi connectivity index (χ0) is 16.9. The second-order valence-corrected chi connectivity index (χ2v) is 6.67. The minimum absolute atomic E-state index is 0.105. The molecule has 1 N–H and O–H groups in total. The van der Waals surface area contributed by atoms with Gasteiger partial charge in [-0.2, -0.15) is 0 Å². The fraction of sp³-hybridized carbons (Fsp3) is 0.150. The van der Waals surface area contributed by atoms with Gasteiger partial charge in [0.25, 0.3) is 5.91 Å². The lowest BCUT2D eigenvalue weighted by Gasteiger charge is -2.11. The van der Waals surface area contributed by atoms with Crippen molar-refractivity contribution in [3.8, 4) is 11.5 Å². The Labute approximate surface area is 145 Å². The van der Waals surface area contributed by atoms with Gasteiger partial charge in [0, 0.05) is 4.88 Å². The van der Waals surface area contributed by atoms with Gasteiger partial charge in [-0.3, -0.25) is 4.79 Å². The molecule has 0 fully saturated rings. The van der Waals surface area contributed by atoms with Crippen LogP contribution >= 0.6 is 11.3 Å². The smallest absolute Gasteiger partial charge is 0.265 e. The summed E-state index contributed by atoms with van der Waals surface area (Å²) in [5.41, 5.74) is 1.88. The average molecular weight is 337 g/mol. The second-order valence-electron chi connectivity index (χ2n) is 5.41. The monoisotopic (exact) mass is 337 g/mol. The maximum absolute atomic E-state index is 12.5. The number of ether oxygens (including phenoxy) is 1. The van der Waals surface area contributed by atoms with E-state index in [2.05, 4.69) is 12.2 Å². The first-order chi connectivity index (χ1) is 11.7. The highest BCUT2D eigenvalue weighted by molar-refractivity contribution is 7.14. The van der Waals surface area contributed by atoms with E-state index in [1.807, 2.05) is 67.6 Å². The molecular weight excluding hydrogens is 318 g/mol. The van der Waals surface area contributed by atoms with Gasteiger partial charge >= 0.3 is 0 Å². The molecule has 1 aromatic heterocycles. The van der Waals surface area contributed by atoms with Crippen molar-refractivity contribution in [2.24, 2.45) is 0 Å². The van der Waals surface area contributed by atoms with Crippen LogP contribution in [-0.2, 0) is 6.42 Å². The van der Waals surface area contributed by atoms with Crippen molar-refractivity contribution in [3.63, 3.8) is 0 Å². The van der Waals surface area contributed by atoms with Crippen molar-refractivity contribution >= 4 is 22.9 Å². The Morgan fingerprint density at radius 2 is 1.79 bits per heavy atom. The van der Waals surface area contributed by atoms with E-state index >= 15 is 0 Å². The largest absolute Gasteiger partial charge is 0.455 e. The number of amides is 1. The van der Waals surface area contributed by atoms with Crippen molar-refractivity contribution in [3.05, 3.63) is 76.0 Å². The van der Waals surface area contributed by atoms with Gasteiger partial charge in [0.1, 0.15) is 5.75 Å². The van der Waals surface area contributed by atoms with E-state index in [4.69, 9.17) is 4.74 Å². The molecule has 3 rings (SSSR count). The Hall–Kier alpha value is -2.59. The lowest BCUT2D eigenvalue weighted by Crippen LogP contribution is -2.10. The summed E-state index contributed by atoms with van der Waals surface area (Å²) in [5, 5.41) is 2.96. The molecule has 0 aliphatic heterocycles. The highest BCUT2D eigenvalue weighted by atomic mass is 32.1. The van der Waals surface area contributed by atoms with E-state index in [1.165, 1.54) is 21.8 Å². The molecule has 1 amide bonds. The number of rotatable bonds is 5. The van der Waals surface area contributed by atoms with Crippen molar-refractivity contribution in [2.75, 3.05) is 5.32 Å². The van der Waals surface area contributed by atoms with Gasteiger partial charge in [0.15, 0.2) is 5.75 Å². The first-order valence-electron chi connectivity index (χ1n) is 7.90. The van der Waals surface area contributed by atoms with Gasteiger partial charge in [-0.1, -0.05) is 37.3 Å². The Morgan fingerprint density at radius 1 is 1.08 bits per heavy atom. The molecule has 2 aromatic carbocycles. The van der Waals surface area contributed by atoms with Crippen LogP contribution in [0.5, 0.6) is 11.5 Å². The third-order valence-corrected chi connectivity index (χ3v) is 4.82. The molecule has 0 unspecified atom stereocenters. The summed E-state index contributed by atoms with van der Waals surface area (Å²) in [5.74, 6) is 1.26. The number of aryl methyl sites for hydroxylation is 2. The molecule has 0 radical (unpaired) electrons. The summed E-state index contributed by atoms with van der Waals surface area (Å²) in [4.78, 5) is 14.5. The predicted octanol–water partition coefficient (Wildman–Crippen LogP) is 5.66. The first-order valence-corrected chi connectivity index (χ1v) is 8.71.